The van der Waals surface area contributed by atoms with E-state index >= 15 is 0 Å². The van der Waals surface area contributed by atoms with Crippen LogP contribution in [0.5, 0.6) is 5.75 Å². The number of hydrogen-bond acceptors (Lipinski definition) is 6. The molecule has 0 bridgehead atoms. The predicted molar refractivity (Wildman–Crippen MR) is 158 cm³/mol. The molecule has 1 aliphatic rings. The van der Waals surface area contributed by atoms with Crippen LogP contribution in [0.15, 0.2) is 71.4 Å². The van der Waals surface area contributed by atoms with Crippen molar-refractivity contribution in [3.63, 3.8) is 0 Å². The fourth-order valence-electron chi connectivity index (χ4n) is 4.63. The summed E-state index contributed by atoms with van der Waals surface area (Å²) in [6, 6.07) is 17.6. The molecule has 0 N–H and O–H groups in total. The molecule has 2 aromatic carbocycles. The van der Waals surface area contributed by atoms with Crippen molar-refractivity contribution in [1.82, 2.24) is 14.7 Å². The van der Waals surface area contributed by atoms with E-state index in [0.29, 0.717) is 42.0 Å². The van der Waals surface area contributed by atoms with Gasteiger partial charge in [-0.3, -0.25) is 14.5 Å². The molecule has 1 aliphatic heterocycles. The molecular formula is C33H36N4O4. The summed E-state index contributed by atoms with van der Waals surface area (Å²) < 4.78 is 13.2. The number of hydrogen-bond donors (Lipinski definition) is 0. The highest BCUT2D eigenvalue weighted by atomic mass is 16.5. The van der Waals surface area contributed by atoms with Gasteiger partial charge in [0.05, 0.1) is 24.1 Å². The van der Waals surface area contributed by atoms with Crippen molar-refractivity contribution >= 4 is 17.9 Å². The van der Waals surface area contributed by atoms with E-state index in [1.54, 1.807) is 17.7 Å². The molecule has 8 nitrogen and oxygen atoms in total. The van der Waals surface area contributed by atoms with Crippen molar-refractivity contribution in [3.05, 3.63) is 82.6 Å². The molecule has 0 atom stereocenters. The Hall–Kier alpha value is -4.48. The third kappa shape index (κ3) is 6.64. The maximum Gasteiger partial charge on any atom is 0.271 e. The second-order valence-corrected chi connectivity index (χ2v) is 10.2. The zero-order chi connectivity index (χ0) is 29.5. The monoisotopic (exact) mass is 552 g/mol. The third-order valence-corrected chi connectivity index (χ3v) is 6.78. The van der Waals surface area contributed by atoms with Crippen molar-refractivity contribution in [2.45, 2.75) is 53.6 Å². The number of imide groups is 1. The normalized spacial score (nSPS) is 14.8. The molecular weight excluding hydrogens is 516 g/mol. The van der Waals surface area contributed by atoms with Crippen molar-refractivity contribution < 1.29 is 19.1 Å². The van der Waals surface area contributed by atoms with Gasteiger partial charge in [-0.2, -0.15) is 10.4 Å². The van der Waals surface area contributed by atoms with Crippen LogP contribution in [0.4, 0.5) is 0 Å². The molecule has 0 saturated carbocycles. The lowest BCUT2D eigenvalue weighted by Gasteiger charge is -2.27. The summed E-state index contributed by atoms with van der Waals surface area (Å²) >= 11 is 0. The molecule has 0 radical (unpaired) electrons. The molecule has 2 heterocycles. The van der Waals surface area contributed by atoms with Crippen molar-refractivity contribution in [2.75, 3.05) is 19.8 Å². The lowest BCUT2D eigenvalue weighted by Crippen LogP contribution is -2.43. The highest BCUT2D eigenvalue weighted by Gasteiger charge is 2.35. The minimum atomic E-state index is -0.574. The van der Waals surface area contributed by atoms with E-state index in [1.807, 2.05) is 81.6 Å². The van der Waals surface area contributed by atoms with E-state index in [9.17, 15) is 14.9 Å². The summed E-state index contributed by atoms with van der Waals surface area (Å²) in [5, 5.41) is 14.7. The predicted octanol–water partition coefficient (Wildman–Crippen LogP) is 6.04. The Bertz CT molecular complexity index is 1530. The Balaban J connectivity index is 1.80. The van der Waals surface area contributed by atoms with Gasteiger partial charge in [0.2, 0.25) is 0 Å². The molecule has 8 heteroatoms. The van der Waals surface area contributed by atoms with E-state index in [2.05, 4.69) is 6.92 Å². The first kappa shape index (κ1) is 29.5. The van der Waals surface area contributed by atoms with Gasteiger partial charge in [-0.1, -0.05) is 25.1 Å². The number of benzene rings is 2. The molecule has 212 valence electrons. The Morgan fingerprint density at radius 2 is 1.80 bits per heavy atom. The molecule has 4 rings (SSSR count). The van der Waals surface area contributed by atoms with Gasteiger partial charge in [-0.25, -0.2) is 4.68 Å². The molecule has 41 heavy (non-hydrogen) atoms. The Labute approximate surface area is 241 Å². The molecule has 3 aromatic rings. The number of carbonyl (C=O) groups is 2. The van der Waals surface area contributed by atoms with Gasteiger partial charge in [-0.15, -0.1) is 0 Å². The molecule has 1 aromatic heterocycles. The molecule has 2 amide bonds. The first-order valence-electron chi connectivity index (χ1n) is 13.9. The van der Waals surface area contributed by atoms with Gasteiger partial charge in [0.15, 0.2) is 0 Å². The van der Waals surface area contributed by atoms with Gasteiger partial charge < -0.3 is 9.47 Å². The minimum Gasteiger partial charge on any atom is -0.493 e. The maximum absolute atomic E-state index is 13.7. The molecule has 0 aliphatic carbocycles. The highest BCUT2D eigenvalue weighted by molar-refractivity contribution is 6.19. The van der Waals surface area contributed by atoms with Gasteiger partial charge in [-0.05, 0) is 88.1 Å². The number of nitriles is 1. The number of para-hydroxylation sites is 1. The SMILES string of the molecule is CCCOc1ccc(-c2nn(-c3ccccc3)cc2/C=C2/C(=O)N(CCCOC(C)C)C(=O)C(C#N)=C2C)cc1C. The third-order valence-electron chi connectivity index (χ3n) is 6.78. The first-order valence-corrected chi connectivity index (χ1v) is 13.9. The fraction of sp³-hybridized carbons (Fsp3) is 0.333. The molecule has 0 spiro atoms. The lowest BCUT2D eigenvalue weighted by atomic mass is 9.93. The van der Waals surface area contributed by atoms with E-state index in [4.69, 9.17) is 14.6 Å². The van der Waals surface area contributed by atoms with Crippen LogP contribution in [0, 0.1) is 18.3 Å². The minimum absolute atomic E-state index is 0.0362. The summed E-state index contributed by atoms with van der Waals surface area (Å²) in [5.41, 5.74) is 4.66. The molecule has 0 fully saturated rings. The van der Waals surface area contributed by atoms with Crippen LogP contribution in [0.3, 0.4) is 0 Å². The number of aryl methyl sites for hydroxylation is 1. The number of amides is 2. The van der Waals surface area contributed by atoms with Crippen LogP contribution in [-0.2, 0) is 14.3 Å². The second kappa shape index (κ2) is 13.2. The van der Waals surface area contributed by atoms with Crippen LogP contribution >= 0.6 is 0 Å². The molecule has 0 unspecified atom stereocenters. The van der Waals surface area contributed by atoms with Crippen LogP contribution < -0.4 is 4.74 Å². The number of nitrogens with zero attached hydrogens (tertiary/aromatic N) is 4. The number of ether oxygens (including phenoxy) is 2. The van der Waals surface area contributed by atoms with Crippen LogP contribution in [0.1, 0.15) is 51.7 Å². The first-order chi connectivity index (χ1) is 19.7. The summed E-state index contributed by atoms with van der Waals surface area (Å²) in [4.78, 5) is 27.9. The summed E-state index contributed by atoms with van der Waals surface area (Å²) in [5.74, 6) is -0.197. The number of rotatable bonds is 11. The second-order valence-electron chi connectivity index (χ2n) is 10.2. The number of aromatic nitrogens is 2. The zero-order valence-electron chi connectivity index (χ0n) is 24.3. The Kier molecular flexibility index (Phi) is 9.53. The van der Waals surface area contributed by atoms with Crippen LogP contribution in [0.2, 0.25) is 0 Å². The maximum atomic E-state index is 13.7. The topological polar surface area (TPSA) is 97.4 Å². The van der Waals surface area contributed by atoms with Gasteiger partial charge >= 0.3 is 0 Å². The fourth-order valence-corrected chi connectivity index (χ4v) is 4.63. The van der Waals surface area contributed by atoms with Crippen molar-refractivity contribution in [1.29, 1.82) is 5.26 Å². The highest BCUT2D eigenvalue weighted by Crippen LogP contribution is 2.33. The summed E-state index contributed by atoms with van der Waals surface area (Å²) in [7, 11) is 0. The van der Waals surface area contributed by atoms with Crippen LogP contribution in [-0.4, -0.2) is 52.4 Å². The Morgan fingerprint density at radius 1 is 1.05 bits per heavy atom. The van der Waals surface area contributed by atoms with E-state index < -0.39 is 11.8 Å². The summed E-state index contributed by atoms with van der Waals surface area (Å²) in [6.07, 6.45) is 5.03. The van der Waals surface area contributed by atoms with Gasteiger partial charge in [0, 0.05) is 36.0 Å². The van der Waals surface area contributed by atoms with Crippen molar-refractivity contribution in [2.24, 2.45) is 0 Å². The van der Waals surface area contributed by atoms with E-state index in [-0.39, 0.29) is 18.2 Å². The van der Waals surface area contributed by atoms with Crippen LogP contribution in [0.25, 0.3) is 23.0 Å². The lowest BCUT2D eigenvalue weighted by molar-refractivity contribution is -0.140. The average Bonchev–Trinajstić information content (AvgIpc) is 3.39. The van der Waals surface area contributed by atoms with Gasteiger partial charge in [0.1, 0.15) is 17.4 Å². The number of carbonyl (C=O) groups excluding carboxylic acids is 2. The largest absolute Gasteiger partial charge is 0.493 e. The quantitative estimate of drug-likeness (QED) is 0.163. The Morgan fingerprint density at radius 3 is 2.46 bits per heavy atom. The summed E-state index contributed by atoms with van der Waals surface area (Å²) in [6.45, 7) is 10.8. The molecule has 0 saturated heterocycles. The zero-order valence-corrected chi connectivity index (χ0v) is 24.3. The van der Waals surface area contributed by atoms with E-state index in [1.165, 1.54) is 0 Å². The smallest absolute Gasteiger partial charge is 0.271 e. The van der Waals surface area contributed by atoms with Gasteiger partial charge in [0.25, 0.3) is 11.8 Å². The standard InChI is InChI=1S/C33H36N4O4/c1-6-16-41-30-14-13-25(18-23(30)4)31-26(21-37(35-31)27-11-8-7-9-12-27)19-28-24(5)29(20-34)33(39)36(32(28)38)15-10-17-40-22(2)3/h7-9,11-14,18-19,21-22H,6,10,15-17H2,1-5H3/b28-19+. The van der Waals surface area contributed by atoms with E-state index in [0.717, 1.165) is 33.9 Å². The average molecular weight is 553 g/mol. The van der Waals surface area contributed by atoms with Crippen molar-refractivity contribution in [3.8, 4) is 28.8 Å².